The van der Waals surface area contributed by atoms with Gasteiger partial charge in [-0.25, -0.2) is 13.4 Å². The summed E-state index contributed by atoms with van der Waals surface area (Å²) < 4.78 is 23.1. The molecular weight excluding hydrogens is 404 g/mol. The molecule has 158 valence electrons. The molecule has 0 saturated carbocycles. The van der Waals surface area contributed by atoms with Gasteiger partial charge in [-0.15, -0.1) is 11.3 Å². The topological polar surface area (TPSA) is 74.7 Å². The minimum absolute atomic E-state index is 0.351. The lowest BCUT2D eigenvalue weighted by Gasteiger charge is -2.21. The summed E-state index contributed by atoms with van der Waals surface area (Å²) in [6.45, 7) is 4.27. The van der Waals surface area contributed by atoms with E-state index in [0.717, 1.165) is 42.5 Å². The second-order valence-electron chi connectivity index (χ2n) is 7.44. The lowest BCUT2D eigenvalue weighted by molar-refractivity contribution is 0.475. The molecule has 1 N–H and O–H groups in total. The van der Waals surface area contributed by atoms with E-state index < -0.39 is 9.84 Å². The van der Waals surface area contributed by atoms with Crippen LogP contribution in [0.3, 0.4) is 0 Å². The van der Waals surface area contributed by atoms with Crippen LogP contribution < -0.4 is 5.32 Å². The van der Waals surface area contributed by atoms with Crippen LogP contribution in [0.25, 0.3) is 0 Å². The lowest BCUT2D eigenvalue weighted by atomic mass is 10.0. The van der Waals surface area contributed by atoms with E-state index in [2.05, 4.69) is 17.1 Å². The summed E-state index contributed by atoms with van der Waals surface area (Å²) in [6, 6.07) is 7.05. The Labute approximate surface area is 178 Å². The quantitative estimate of drug-likeness (QED) is 0.535. The standard InChI is InChI=1S/C21H30N4O2S2/c1-4-22-21(23-14-13-16-9-11-17(12-10-16)29(3,26)27)25(2)15-20-24-18-7-5-6-8-19(18)28-20/h9-12H,4-8,13-15H2,1-3H3,(H,22,23). The summed E-state index contributed by atoms with van der Waals surface area (Å²) in [5.74, 6) is 0.869. The van der Waals surface area contributed by atoms with Crippen molar-refractivity contribution in [3.8, 4) is 0 Å². The van der Waals surface area contributed by atoms with E-state index in [0.29, 0.717) is 11.4 Å². The van der Waals surface area contributed by atoms with Gasteiger partial charge in [-0.1, -0.05) is 12.1 Å². The molecule has 2 aromatic rings. The Kier molecular flexibility index (Phi) is 7.29. The average Bonchev–Trinajstić information content (AvgIpc) is 3.09. The van der Waals surface area contributed by atoms with Crippen molar-refractivity contribution >= 4 is 27.1 Å². The average molecular weight is 435 g/mol. The maximum Gasteiger partial charge on any atom is 0.194 e. The van der Waals surface area contributed by atoms with Gasteiger partial charge in [-0.05, 0) is 56.7 Å². The number of aryl methyl sites for hydroxylation is 2. The number of rotatable bonds is 7. The largest absolute Gasteiger partial charge is 0.357 e. The first-order chi connectivity index (χ1) is 13.9. The smallest absolute Gasteiger partial charge is 0.194 e. The molecule has 6 nitrogen and oxygen atoms in total. The lowest BCUT2D eigenvalue weighted by Crippen LogP contribution is -2.38. The van der Waals surface area contributed by atoms with Gasteiger partial charge in [0.2, 0.25) is 0 Å². The number of thiazole rings is 1. The van der Waals surface area contributed by atoms with Crippen LogP contribution in [0, 0.1) is 0 Å². The third kappa shape index (κ3) is 6.02. The minimum Gasteiger partial charge on any atom is -0.357 e. The fraction of sp³-hybridized carbons (Fsp3) is 0.524. The van der Waals surface area contributed by atoms with Crippen LogP contribution in [0.4, 0.5) is 0 Å². The third-order valence-electron chi connectivity index (χ3n) is 4.97. The summed E-state index contributed by atoms with van der Waals surface area (Å²) in [5.41, 5.74) is 2.37. The molecular formula is C21H30N4O2S2. The highest BCUT2D eigenvalue weighted by Gasteiger charge is 2.17. The number of aliphatic imine (C=N–C) groups is 1. The Morgan fingerprint density at radius 3 is 2.62 bits per heavy atom. The van der Waals surface area contributed by atoms with Gasteiger partial charge in [-0.2, -0.15) is 0 Å². The molecule has 3 rings (SSSR count). The molecule has 0 amide bonds. The van der Waals surface area contributed by atoms with Gasteiger partial charge < -0.3 is 10.2 Å². The second-order valence-corrected chi connectivity index (χ2v) is 10.6. The van der Waals surface area contributed by atoms with Gasteiger partial charge in [0.15, 0.2) is 15.8 Å². The number of guanidine groups is 1. The molecule has 0 fully saturated rings. The molecule has 1 aromatic heterocycles. The van der Waals surface area contributed by atoms with Crippen LogP contribution in [-0.2, 0) is 35.6 Å². The van der Waals surface area contributed by atoms with Crippen LogP contribution in [0.1, 0.15) is 40.9 Å². The Hall–Kier alpha value is -1.93. The molecule has 0 unspecified atom stereocenters. The highest BCUT2D eigenvalue weighted by molar-refractivity contribution is 7.90. The zero-order valence-electron chi connectivity index (χ0n) is 17.4. The van der Waals surface area contributed by atoms with Crippen LogP contribution >= 0.6 is 11.3 Å². The van der Waals surface area contributed by atoms with Crippen molar-refractivity contribution < 1.29 is 8.42 Å². The van der Waals surface area contributed by atoms with Crippen LogP contribution in [0.5, 0.6) is 0 Å². The van der Waals surface area contributed by atoms with Crippen LogP contribution in [-0.4, -0.2) is 50.7 Å². The molecule has 0 saturated heterocycles. The molecule has 0 spiro atoms. The maximum atomic E-state index is 11.6. The van der Waals surface area contributed by atoms with E-state index >= 15 is 0 Å². The first kappa shape index (κ1) is 21.8. The van der Waals surface area contributed by atoms with Crippen molar-refractivity contribution in [3.63, 3.8) is 0 Å². The monoisotopic (exact) mass is 434 g/mol. The predicted molar refractivity (Wildman–Crippen MR) is 119 cm³/mol. The van der Waals surface area contributed by atoms with E-state index in [9.17, 15) is 8.42 Å². The number of fused-ring (bicyclic) bond motifs is 1. The van der Waals surface area contributed by atoms with Crippen molar-refractivity contribution in [2.45, 2.75) is 50.5 Å². The first-order valence-corrected chi connectivity index (χ1v) is 12.8. The summed E-state index contributed by atoms with van der Waals surface area (Å²) in [6.07, 6.45) is 6.80. The van der Waals surface area contributed by atoms with Crippen LogP contribution in [0.2, 0.25) is 0 Å². The fourth-order valence-electron chi connectivity index (χ4n) is 3.41. The molecule has 1 heterocycles. The fourth-order valence-corrected chi connectivity index (χ4v) is 5.26. The Morgan fingerprint density at radius 2 is 1.97 bits per heavy atom. The predicted octanol–water partition coefficient (Wildman–Crippen LogP) is 3.07. The third-order valence-corrected chi connectivity index (χ3v) is 7.24. The van der Waals surface area contributed by atoms with Gasteiger partial charge in [0.1, 0.15) is 5.01 Å². The minimum atomic E-state index is -3.15. The number of sulfone groups is 1. The summed E-state index contributed by atoms with van der Waals surface area (Å²) in [5, 5.41) is 4.51. The Bertz CT molecular complexity index is 926. The second kappa shape index (κ2) is 9.71. The Balaban J connectivity index is 1.60. The van der Waals surface area contributed by atoms with E-state index in [4.69, 9.17) is 9.98 Å². The van der Waals surface area contributed by atoms with Gasteiger partial charge in [-0.3, -0.25) is 4.99 Å². The normalized spacial score (nSPS) is 14.5. The van der Waals surface area contributed by atoms with E-state index in [1.807, 2.05) is 30.5 Å². The molecule has 1 aliphatic carbocycles. The van der Waals surface area contributed by atoms with Gasteiger partial charge >= 0.3 is 0 Å². The van der Waals surface area contributed by atoms with Crippen molar-refractivity contribution in [1.82, 2.24) is 15.2 Å². The zero-order chi connectivity index (χ0) is 20.9. The molecule has 0 aliphatic heterocycles. The van der Waals surface area contributed by atoms with Crippen molar-refractivity contribution in [3.05, 3.63) is 45.4 Å². The summed E-state index contributed by atoms with van der Waals surface area (Å²) in [7, 11) is -1.11. The van der Waals surface area contributed by atoms with E-state index in [-0.39, 0.29) is 0 Å². The van der Waals surface area contributed by atoms with E-state index in [1.165, 1.54) is 36.1 Å². The molecule has 1 aliphatic rings. The van der Waals surface area contributed by atoms with Crippen molar-refractivity contribution in [2.75, 3.05) is 26.4 Å². The number of nitrogens with zero attached hydrogens (tertiary/aromatic N) is 3. The SMILES string of the molecule is CCNC(=NCCc1ccc(S(C)(=O)=O)cc1)N(C)Cc1nc2c(s1)CCCC2. The molecule has 0 atom stereocenters. The highest BCUT2D eigenvalue weighted by atomic mass is 32.2. The van der Waals surface area contributed by atoms with Crippen molar-refractivity contribution in [1.29, 1.82) is 0 Å². The summed E-state index contributed by atoms with van der Waals surface area (Å²) >= 11 is 1.84. The zero-order valence-corrected chi connectivity index (χ0v) is 19.1. The van der Waals surface area contributed by atoms with Crippen molar-refractivity contribution in [2.24, 2.45) is 4.99 Å². The molecule has 8 heteroatoms. The molecule has 0 radical (unpaired) electrons. The van der Waals surface area contributed by atoms with E-state index in [1.54, 1.807) is 12.1 Å². The summed E-state index contributed by atoms with van der Waals surface area (Å²) in [4.78, 5) is 13.5. The van der Waals surface area contributed by atoms with Gasteiger partial charge in [0.25, 0.3) is 0 Å². The number of nitrogens with one attached hydrogen (secondary N) is 1. The number of aromatic nitrogens is 1. The Morgan fingerprint density at radius 1 is 1.24 bits per heavy atom. The first-order valence-electron chi connectivity index (χ1n) is 10.1. The maximum absolute atomic E-state index is 11.6. The highest BCUT2D eigenvalue weighted by Crippen LogP contribution is 2.27. The number of benzene rings is 1. The number of hydrogen-bond donors (Lipinski definition) is 1. The van der Waals surface area contributed by atoms with Gasteiger partial charge in [0, 0.05) is 31.3 Å². The molecule has 29 heavy (non-hydrogen) atoms. The number of hydrogen-bond acceptors (Lipinski definition) is 5. The van der Waals surface area contributed by atoms with Crippen LogP contribution in [0.15, 0.2) is 34.2 Å². The molecule has 0 bridgehead atoms. The molecule has 1 aromatic carbocycles. The van der Waals surface area contributed by atoms with Gasteiger partial charge in [0.05, 0.1) is 17.1 Å².